The van der Waals surface area contributed by atoms with Crippen LogP contribution in [0.25, 0.3) is 0 Å². The lowest BCUT2D eigenvalue weighted by Gasteiger charge is -2.16. The molecule has 1 aromatic carbocycles. The van der Waals surface area contributed by atoms with E-state index in [4.69, 9.17) is 5.73 Å². The van der Waals surface area contributed by atoms with Gasteiger partial charge in [0, 0.05) is 30.3 Å². The van der Waals surface area contributed by atoms with Crippen molar-refractivity contribution in [3.8, 4) is 0 Å². The van der Waals surface area contributed by atoms with E-state index in [1.54, 1.807) is 29.2 Å². The average Bonchev–Trinajstić information content (AvgIpc) is 2.86. The summed E-state index contributed by atoms with van der Waals surface area (Å²) in [4.78, 5) is 25.1. The number of primary amides is 1. The van der Waals surface area contributed by atoms with Gasteiger partial charge in [0.25, 0.3) is 5.91 Å². The van der Waals surface area contributed by atoms with Gasteiger partial charge < -0.3 is 16.0 Å². The maximum Gasteiger partial charge on any atom is 0.253 e. The highest BCUT2D eigenvalue weighted by molar-refractivity contribution is 5.99. The maximum atomic E-state index is 12.2. The molecule has 2 rings (SSSR count). The van der Waals surface area contributed by atoms with Crippen LogP contribution in [-0.4, -0.2) is 42.9 Å². The summed E-state index contributed by atoms with van der Waals surface area (Å²) in [5, 5.41) is 3.16. The van der Waals surface area contributed by atoms with E-state index in [1.807, 2.05) is 7.05 Å². The van der Waals surface area contributed by atoms with Crippen LogP contribution < -0.4 is 11.1 Å². The minimum absolute atomic E-state index is 0. The Bertz CT molecular complexity index is 479. The molecule has 0 radical (unpaired) electrons. The van der Waals surface area contributed by atoms with E-state index in [-0.39, 0.29) is 18.3 Å². The smallest absolute Gasteiger partial charge is 0.253 e. The van der Waals surface area contributed by atoms with Crippen molar-refractivity contribution in [3.63, 3.8) is 0 Å². The van der Waals surface area contributed by atoms with Crippen molar-refractivity contribution in [2.45, 2.75) is 12.5 Å². The summed E-state index contributed by atoms with van der Waals surface area (Å²) >= 11 is 0. The monoisotopic (exact) mass is 283 g/mol. The van der Waals surface area contributed by atoms with Gasteiger partial charge in [0.15, 0.2) is 0 Å². The van der Waals surface area contributed by atoms with Crippen molar-refractivity contribution in [2.75, 3.05) is 20.1 Å². The third kappa shape index (κ3) is 3.45. The summed E-state index contributed by atoms with van der Waals surface area (Å²) in [6, 6.07) is 6.91. The molecule has 104 valence electrons. The summed E-state index contributed by atoms with van der Waals surface area (Å²) in [6.07, 6.45) is 0.956. The van der Waals surface area contributed by atoms with Crippen LogP contribution >= 0.6 is 12.4 Å². The molecular formula is C13H18ClN3O2. The SMILES string of the molecule is CNC1CCN(C(=O)c2cccc(C(N)=O)c2)C1.Cl. The predicted octanol–water partition coefficient (Wildman–Crippen LogP) is 0.641. The standard InChI is InChI=1S/C13H17N3O2.ClH/c1-15-11-5-6-16(8-11)13(18)10-4-2-3-9(7-10)12(14)17;/h2-4,7,11,15H,5-6,8H2,1H3,(H2,14,17);1H. The van der Waals surface area contributed by atoms with Gasteiger partial charge in [0.2, 0.25) is 5.91 Å². The molecule has 1 aliphatic rings. The third-order valence-electron chi connectivity index (χ3n) is 3.28. The maximum absolute atomic E-state index is 12.2. The summed E-state index contributed by atoms with van der Waals surface area (Å²) in [5.41, 5.74) is 6.09. The van der Waals surface area contributed by atoms with Gasteiger partial charge in [-0.15, -0.1) is 12.4 Å². The topological polar surface area (TPSA) is 75.4 Å². The number of hydrogen-bond acceptors (Lipinski definition) is 3. The molecule has 6 heteroatoms. The zero-order valence-corrected chi connectivity index (χ0v) is 11.6. The van der Waals surface area contributed by atoms with Crippen molar-refractivity contribution < 1.29 is 9.59 Å². The van der Waals surface area contributed by atoms with Gasteiger partial charge in [-0.25, -0.2) is 0 Å². The number of carbonyl (C=O) groups is 2. The molecule has 1 unspecified atom stereocenters. The Morgan fingerprint density at radius 2 is 2.05 bits per heavy atom. The minimum atomic E-state index is -0.515. The van der Waals surface area contributed by atoms with E-state index >= 15 is 0 Å². The van der Waals surface area contributed by atoms with E-state index in [0.29, 0.717) is 23.7 Å². The van der Waals surface area contributed by atoms with Crippen molar-refractivity contribution in [1.82, 2.24) is 10.2 Å². The summed E-state index contributed by atoms with van der Waals surface area (Å²) in [6.45, 7) is 1.45. The van der Waals surface area contributed by atoms with E-state index in [9.17, 15) is 9.59 Å². The number of hydrogen-bond donors (Lipinski definition) is 2. The molecule has 1 saturated heterocycles. The molecule has 1 atom stereocenters. The van der Waals surface area contributed by atoms with Crippen LogP contribution in [0, 0.1) is 0 Å². The molecule has 3 N–H and O–H groups in total. The highest BCUT2D eigenvalue weighted by Crippen LogP contribution is 2.14. The molecule has 1 heterocycles. The lowest BCUT2D eigenvalue weighted by Crippen LogP contribution is -2.33. The Kier molecular flexibility index (Phi) is 5.32. The van der Waals surface area contributed by atoms with Gasteiger partial charge >= 0.3 is 0 Å². The molecule has 19 heavy (non-hydrogen) atoms. The lowest BCUT2D eigenvalue weighted by molar-refractivity contribution is 0.0789. The number of rotatable bonds is 3. The molecule has 0 spiro atoms. The van der Waals surface area contributed by atoms with Gasteiger partial charge in [0.05, 0.1) is 0 Å². The van der Waals surface area contributed by atoms with Crippen LogP contribution in [0.2, 0.25) is 0 Å². The van der Waals surface area contributed by atoms with Crippen molar-refractivity contribution in [1.29, 1.82) is 0 Å². The second kappa shape index (κ2) is 6.54. The molecule has 0 aromatic heterocycles. The number of halogens is 1. The number of amides is 2. The lowest BCUT2D eigenvalue weighted by atomic mass is 10.1. The molecule has 2 amide bonds. The normalized spacial score (nSPS) is 17.9. The van der Waals surface area contributed by atoms with Gasteiger partial charge in [-0.1, -0.05) is 6.07 Å². The number of nitrogens with one attached hydrogen (secondary N) is 1. The third-order valence-corrected chi connectivity index (χ3v) is 3.28. The zero-order valence-electron chi connectivity index (χ0n) is 10.8. The molecule has 5 nitrogen and oxygen atoms in total. The summed E-state index contributed by atoms with van der Waals surface area (Å²) in [7, 11) is 1.90. The quantitative estimate of drug-likeness (QED) is 0.855. The molecular weight excluding hydrogens is 266 g/mol. The molecule has 1 aromatic rings. The fourth-order valence-electron chi connectivity index (χ4n) is 2.17. The highest BCUT2D eigenvalue weighted by atomic mass is 35.5. The number of likely N-dealkylation sites (tertiary alicyclic amines) is 1. The first-order valence-corrected chi connectivity index (χ1v) is 5.98. The van der Waals surface area contributed by atoms with Crippen LogP contribution in [0.4, 0.5) is 0 Å². The minimum Gasteiger partial charge on any atom is -0.366 e. The van der Waals surface area contributed by atoms with E-state index < -0.39 is 5.91 Å². The van der Waals surface area contributed by atoms with Crippen LogP contribution in [0.1, 0.15) is 27.1 Å². The van der Waals surface area contributed by atoms with Crippen molar-refractivity contribution in [2.24, 2.45) is 5.73 Å². The van der Waals surface area contributed by atoms with E-state index in [2.05, 4.69) is 5.32 Å². The van der Waals surface area contributed by atoms with Crippen LogP contribution in [-0.2, 0) is 0 Å². The Hall–Kier alpha value is -1.59. The fraction of sp³-hybridized carbons (Fsp3) is 0.385. The number of nitrogens with zero attached hydrogens (tertiary/aromatic N) is 1. The number of likely N-dealkylation sites (N-methyl/N-ethyl adjacent to an activating group) is 1. The molecule has 0 aliphatic carbocycles. The van der Waals surface area contributed by atoms with E-state index in [1.165, 1.54) is 0 Å². The fourth-order valence-corrected chi connectivity index (χ4v) is 2.17. The van der Waals surface area contributed by atoms with Crippen molar-refractivity contribution in [3.05, 3.63) is 35.4 Å². The summed E-state index contributed by atoms with van der Waals surface area (Å²) in [5.74, 6) is -0.560. The number of nitrogens with two attached hydrogens (primary N) is 1. The van der Waals surface area contributed by atoms with Crippen LogP contribution in [0.5, 0.6) is 0 Å². The van der Waals surface area contributed by atoms with Crippen molar-refractivity contribution >= 4 is 24.2 Å². The highest BCUT2D eigenvalue weighted by Gasteiger charge is 2.25. The van der Waals surface area contributed by atoms with Gasteiger partial charge in [-0.05, 0) is 31.7 Å². The molecule has 0 saturated carbocycles. The van der Waals surface area contributed by atoms with Gasteiger partial charge in [-0.2, -0.15) is 0 Å². The largest absolute Gasteiger partial charge is 0.366 e. The Labute approximate surface area is 118 Å². The first kappa shape index (κ1) is 15.5. The van der Waals surface area contributed by atoms with E-state index in [0.717, 1.165) is 13.0 Å². The predicted molar refractivity (Wildman–Crippen MR) is 75.6 cm³/mol. The number of carbonyl (C=O) groups excluding carboxylic acids is 2. The second-order valence-electron chi connectivity index (χ2n) is 4.47. The van der Waals surface area contributed by atoms with Gasteiger partial charge in [-0.3, -0.25) is 9.59 Å². The molecule has 1 fully saturated rings. The molecule has 1 aliphatic heterocycles. The Balaban J connectivity index is 0.00000180. The zero-order chi connectivity index (χ0) is 13.1. The Morgan fingerprint density at radius 3 is 2.63 bits per heavy atom. The summed E-state index contributed by atoms with van der Waals surface area (Å²) < 4.78 is 0. The first-order chi connectivity index (χ1) is 8.61. The van der Waals surface area contributed by atoms with Crippen LogP contribution in [0.15, 0.2) is 24.3 Å². The van der Waals surface area contributed by atoms with Crippen LogP contribution in [0.3, 0.4) is 0 Å². The first-order valence-electron chi connectivity index (χ1n) is 5.98. The average molecular weight is 284 g/mol. The van der Waals surface area contributed by atoms with Gasteiger partial charge in [0.1, 0.15) is 0 Å². The second-order valence-corrected chi connectivity index (χ2v) is 4.47. The molecule has 0 bridgehead atoms. The Morgan fingerprint density at radius 1 is 1.37 bits per heavy atom. The number of benzene rings is 1.